The van der Waals surface area contributed by atoms with Gasteiger partial charge in [-0.1, -0.05) is 29.4 Å². The van der Waals surface area contributed by atoms with Crippen LogP contribution in [0.15, 0.2) is 47.5 Å². The highest BCUT2D eigenvalue weighted by molar-refractivity contribution is 7.16. The number of para-hydroxylation sites is 2. The normalized spacial score (nSPS) is 16.1. The molecule has 1 aliphatic heterocycles. The number of hydrogen-bond acceptors (Lipinski definition) is 5. The largest absolute Gasteiger partial charge is 0.497 e. The Bertz CT molecular complexity index is 1120. The quantitative estimate of drug-likeness (QED) is 0.656. The van der Waals surface area contributed by atoms with Crippen molar-refractivity contribution < 1.29 is 19.0 Å². The van der Waals surface area contributed by atoms with Crippen molar-refractivity contribution >= 4 is 27.5 Å². The minimum atomic E-state index is -0.793. The number of carbonyl (C=O) groups excluding carboxylic acids is 1. The van der Waals surface area contributed by atoms with Crippen LogP contribution in [0.3, 0.4) is 0 Å². The number of thiazole rings is 1. The Morgan fingerprint density at radius 2 is 2.19 bits per heavy atom. The van der Waals surface area contributed by atoms with Crippen LogP contribution in [-0.4, -0.2) is 30.3 Å². The van der Waals surface area contributed by atoms with Crippen LogP contribution in [0.1, 0.15) is 0 Å². The maximum absolute atomic E-state index is 12.7. The standard InChI is InChI=1S/C20H16N2O4S/c1-3-10-22-14-9-8-13(24-2)11-18(14)27-20(22)21-19(23)17-12-25-15-6-4-5-7-16(15)26-17/h1,4-9,11,17H,10,12H2,2H3/t17-/m0/s1. The van der Waals surface area contributed by atoms with Crippen LogP contribution in [0.25, 0.3) is 10.2 Å². The number of carbonyl (C=O) groups is 1. The molecule has 0 aliphatic carbocycles. The molecule has 1 aliphatic rings. The van der Waals surface area contributed by atoms with Gasteiger partial charge in [-0.15, -0.1) is 6.42 Å². The van der Waals surface area contributed by atoms with Crippen LogP contribution >= 0.6 is 11.3 Å². The molecule has 27 heavy (non-hydrogen) atoms. The summed E-state index contributed by atoms with van der Waals surface area (Å²) in [7, 11) is 1.61. The second-order valence-corrected chi connectivity index (χ2v) is 6.83. The maximum atomic E-state index is 12.7. The van der Waals surface area contributed by atoms with Crippen molar-refractivity contribution in [1.82, 2.24) is 4.57 Å². The number of nitrogens with zero attached hydrogens (tertiary/aromatic N) is 2. The average molecular weight is 380 g/mol. The van der Waals surface area contributed by atoms with Crippen LogP contribution in [0.2, 0.25) is 0 Å². The van der Waals surface area contributed by atoms with Gasteiger partial charge in [0.15, 0.2) is 16.3 Å². The van der Waals surface area contributed by atoms with Gasteiger partial charge in [-0.2, -0.15) is 4.99 Å². The minimum absolute atomic E-state index is 0.118. The first-order chi connectivity index (χ1) is 13.2. The zero-order valence-electron chi connectivity index (χ0n) is 14.5. The SMILES string of the molecule is C#CCn1c(=NC(=O)[C@@H]2COc3ccccc3O2)sc2cc(OC)ccc21. The molecule has 2 aromatic carbocycles. The molecule has 3 aromatic rings. The van der Waals surface area contributed by atoms with Crippen molar-refractivity contribution in [1.29, 1.82) is 0 Å². The van der Waals surface area contributed by atoms with Gasteiger partial charge in [0.2, 0.25) is 6.10 Å². The van der Waals surface area contributed by atoms with Gasteiger partial charge < -0.3 is 18.8 Å². The van der Waals surface area contributed by atoms with E-state index >= 15 is 0 Å². The summed E-state index contributed by atoms with van der Waals surface area (Å²) in [5, 5.41) is 0. The predicted molar refractivity (Wildman–Crippen MR) is 102 cm³/mol. The fourth-order valence-corrected chi connectivity index (χ4v) is 3.88. The first kappa shape index (κ1) is 17.2. The fraction of sp³-hybridized carbons (Fsp3) is 0.200. The van der Waals surface area contributed by atoms with Crippen molar-refractivity contribution in [3.05, 3.63) is 47.3 Å². The van der Waals surface area contributed by atoms with Crippen molar-refractivity contribution in [3.63, 3.8) is 0 Å². The van der Waals surface area contributed by atoms with Crippen LogP contribution in [0.4, 0.5) is 0 Å². The number of methoxy groups -OCH3 is 1. The number of benzene rings is 2. The molecule has 136 valence electrons. The summed E-state index contributed by atoms with van der Waals surface area (Å²) in [5.41, 5.74) is 0.899. The summed E-state index contributed by atoms with van der Waals surface area (Å²) in [6.07, 6.45) is 4.71. The van der Waals surface area contributed by atoms with E-state index in [1.807, 2.05) is 34.9 Å². The molecule has 0 spiro atoms. The molecule has 0 fully saturated rings. The van der Waals surface area contributed by atoms with Gasteiger partial charge in [0, 0.05) is 0 Å². The first-order valence-electron chi connectivity index (χ1n) is 8.27. The molecule has 0 bridgehead atoms. The lowest BCUT2D eigenvalue weighted by molar-refractivity contribution is -0.127. The lowest BCUT2D eigenvalue weighted by Gasteiger charge is -2.23. The third kappa shape index (κ3) is 3.27. The van der Waals surface area contributed by atoms with E-state index in [0.717, 1.165) is 16.0 Å². The van der Waals surface area contributed by atoms with Gasteiger partial charge in [0.1, 0.15) is 12.4 Å². The Morgan fingerprint density at radius 3 is 2.96 bits per heavy atom. The van der Waals surface area contributed by atoms with Gasteiger partial charge in [-0.05, 0) is 30.3 Å². The summed E-state index contributed by atoms with van der Waals surface area (Å²) in [4.78, 5) is 17.5. The van der Waals surface area contributed by atoms with E-state index in [0.29, 0.717) is 22.8 Å². The lowest BCUT2D eigenvalue weighted by atomic mass is 10.2. The molecule has 7 heteroatoms. The van der Waals surface area contributed by atoms with Crippen LogP contribution < -0.4 is 19.0 Å². The molecular weight excluding hydrogens is 364 g/mol. The summed E-state index contributed by atoms with van der Waals surface area (Å²) >= 11 is 1.37. The number of terminal acetylenes is 1. The van der Waals surface area contributed by atoms with E-state index in [4.69, 9.17) is 20.6 Å². The first-order valence-corrected chi connectivity index (χ1v) is 9.09. The van der Waals surface area contributed by atoms with Crippen molar-refractivity contribution in [2.45, 2.75) is 12.6 Å². The topological polar surface area (TPSA) is 62.1 Å². The Morgan fingerprint density at radius 1 is 1.37 bits per heavy atom. The zero-order valence-corrected chi connectivity index (χ0v) is 15.4. The van der Waals surface area contributed by atoms with E-state index in [1.165, 1.54) is 11.3 Å². The monoisotopic (exact) mass is 380 g/mol. The highest BCUT2D eigenvalue weighted by atomic mass is 32.1. The zero-order chi connectivity index (χ0) is 18.8. The van der Waals surface area contributed by atoms with E-state index in [2.05, 4.69) is 10.9 Å². The molecule has 1 amide bonds. The summed E-state index contributed by atoms with van der Waals surface area (Å²) in [5.74, 6) is 4.09. The fourth-order valence-electron chi connectivity index (χ4n) is 2.82. The molecule has 1 aromatic heterocycles. The van der Waals surface area contributed by atoms with Crippen molar-refractivity contribution in [2.24, 2.45) is 4.99 Å². The molecule has 0 N–H and O–H groups in total. The van der Waals surface area contributed by atoms with Gasteiger partial charge in [0.25, 0.3) is 5.91 Å². The van der Waals surface area contributed by atoms with Crippen LogP contribution in [0.5, 0.6) is 17.2 Å². The second-order valence-electron chi connectivity index (χ2n) is 5.82. The number of hydrogen-bond donors (Lipinski definition) is 0. The van der Waals surface area contributed by atoms with E-state index < -0.39 is 12.0 Å². The second kappa shape index (κ2) is 7.17. The molecule has 0 unspecified atom stereocenters. The van der Waals surface area contributed by atoms with E-state index in [9.17, 15) is 4.79 Å². The minimum Gasteiger partial charge on any atom is -0.497 e. The van der Waals surface area contributed by atoms with Crippen LogP contribution in [-0.2, 0) is 11.3 Å². The smallest absolute Gasteiger partial charge is 0.292 e. The lowest BCUT2D eigenvalue weighted by Crippen LogP contribution is -2.36. The Kier molecular flexibility index (Phi) is 4.57. The third-order valence-corrected chi connectivity index (χ3v) is 5.17. The van der Waals surface area contributed by atoms with Gasteiger partial charge >= 0.3 is 0 Å². The number of rotatable bonds is 3. The number of fused-ring (bicyclic) bond motifs is 2. The molecule has 0 saturated heterocycles. The molecule has 0 saturated carbocycles. The maximum Gasteiger partial charge on any atom is 0.292 e. The van der Waals surface area contributed by atoms with Crippen LogP contribution in [0, 0.1) is 12.3 Å². The number of amides is 1. The molecule has 1 atom stereocenters. The molecule has 2 heterocycles. The highest BCUT2D eigenvalue weighted by Gasteiger charge is 2.27. The predicted octanol–water partition coefficient (Wildman–Crippen LogP) is 2.61. The third-order valence-electron chi connectivity index (χ3n) is 4.13. The van der Waals surface area contributed by atoms with Gasteiger partial charge in [-0.25, -0.2) is 0 Å². The summed E-state index contributed by atoms with van der Waals surface area (Å²) < 4.78 is 19.4. The van der Waals surface area contributed by atoms with E-state index in [1.54, 1.807) is 19.2 Å². The van der Waals surface area contributed by atoms with Gasteiger partial charge in [0.05, 0.1) is 23.9 Å². The highest BCUT2D eigenvalue weighted by Crippen LogP contribution is 2.31. The number of aromatic nitrogens is 1. The Labute approximate surface area is 159 Å². The molecular formula is C20H16N2O4S. The van der Waals surface area contributed by atoms with Crippen molar-refractivity contribution in [2.75, 3.05) is 13.7 Å². The number of ether oxygens (including phenoxy) is 3. The average Bonchev–Trinajstić information content (AvgIpc) is 3.04. The Balaban J connectivity index is 1.71. The Hall–Kier alpha value is -3.24. The molecule has 4 rings (SSSR count). The van der Waals surface area contributed by atoms with E-state index in [-0.39, 0.29) is 6.61 Å². The summed E-state index contributed by atoms with van der Waals surface area (Å²) in [6, 6.07) is 12.9. The molecule has 6 nitrogen and oxygen atoms in total. The van der Waals surface area contributed by atoms with Gasteiger partial charge in [-0.3, -0.25) is 4.79 Å². The molecule has 0 radical (unpaired) electrons. The summed E-state index contributed by atoms with van der Waals surface area (Å²) in [6.45, 7) is 0.427. The van der Waals surface area contributed by atoms with Crippen molar-refractivity contribution in [3.8, 4) is 29.6 Å².